The summed E-state index contributed by atoms with van der Waals surface area (Å²) in [4.78, 5) is 12.4. The molecule has 0 saturated carbocycles. The number of anilines is 1. The molecule has 18 heavy (non-hydrogen) atoms. The van der Waals surface area contributed by atoms with Gasteiger partial charge in [0.05, 0.1) is 6.20 Å². The van der Waals surface area contributed by atoms with Gasteiger partial charge < -0.3 is 10.1 Å². The van der Waals surface area contributed by atoms with Crippen LogP contribution in [0.25, 0.3) is 17.0 Å². The first kappa shape index (κ1) is 10.2. The number of nitrogens with two attached hydrogens (primary N) is 1. The van der Waals surface area contributed by atoms with Crippen molar-refractivity contribution in [3.8, 4) is 17.5 Å². The monoisotopic (exact) mass is 236 g/mol. The van der Waals surface area contributed by atoms with Crippen LogP contribution in [0.15, 0.2) is 36.9 Å². The smallest absolute Gasteiger partial charge is 0.161 e. The molecule has 6 nitrogen and oxygen atoms in total. The predicted molar refractivity (Wildman–Crippen MR) is 65.3 cm³/mol. The fraction of sp³-hybridized carbons (Fsp3) is 0. The van der Waals surface area contributed by atoms with E-state index in [9.17, 15) is 0 Å². The summed E-state index contributed by atoms with van der Waals surface area (Å²) in [6.45, 7) is 0. The number of nitrogen functional groups attached to an aromatic ring is 1. The maximum absolute atomic E-state index is 8.77. The molecule has 0 fully saturated rings. The third kappa shape index (κ3) is 1.55. The minimum absolute atomic E-state index is 0.186. The second kappa shape index (κ2) is 3.82. The zero-order valence-corrected chi connectivity index (χ0v) is 9.28. The van der Waals surface area contributed by atoms with Gasteiger partial charge >= 0.3 is 0 Å². The van der Waals surface area contributed by atoms with Crippen molar-refractivity contribution in [2.45, 2.75) is 0 Å². The van der Waals surface area contributed by atoms with Crippen molar-refractivity contribution < 1.29 is 0 Å². The van der Waals surface area contributed by atoms with Crippen LogP contribution >= 0.6 is 0 Å². The summed E-state index contributed by atoms with van der Waals surface area (Å²) >= 11 is 0. The van der Waals surface area contributed by atoms with E-state index < -0.39 is 0 Å². The number of pyridine rings is 1. The standard InChI is InChI=1S/C12H8N6/c13-6-9-7-16-12(17-11(9)14)8-1-3-18-4-2-15-10(18)5-8/h1-5,7H,(H2,14,16,17). The molecule has 0 aliphatic carbocycles. The van der Waals surface area contributed by atoms with E-state index in [1.165, 1.54) is 6.20 Å². The zero-order chi connectivity index (χ0) is 12.5. The molecule has 0 unspecified atom stereocenters. The van der Waals surface area contributed by atoms with Gasteiger partial charge in [-0.3, -0.25) is 0 Å². The molecular formula is C12H8N6. The molecule has 0 atom stereocenters. The van der Waals surface area contributed by atoms with Crippen molar-refractivity contribution >= 4 is 11.5 Å². The van der Waals surface area contributed by atoms with Gasteiger partial charge in [-0.2, -0.15) is 5.26 Å². The van der Waals surface area contributed by atoms with Gasteiger partial charge in [-0.1, -0.05) is 0 Å². The van der Waals surface area contributed by atoms with E-state index in [-0.39, 0.29) is 11.4 Å². The summed E-state index contributed by atoms with van der Waals surface area (Å²) in [7, 11) is 0. The third-order valence-electron chi connectivity index (χ3n) is 2.59. The molecule has 86 valence electrons. The first-order valence-electron chi connectivity index (χ1n) is 5.23. The lowest BCUT2D eigenvalue weighted by Gasteiger charge is -2.02. The number of imidazole rings is 1. The first-order valence-corrected chi connectivity index (χ1v) is 5.23. The second-order valence-corrected chi connectivity index (χ2v) is 3.71. The number of nitrogens with zero attached hydrogens (tertiary/aromatic N) is 5. The summed E-state index contributed by atoms with van der Waals surface area (Å²) < 4.78 is 1.89. The van der Waals surface area contributed by atoms with Gasteiger partial charge in [0, 0.05) is 24.2 Å². The van der Waals surface area contributed by atoms with Gasteiger partial charge in [0.1, 0.15) is 23.1 Å². The van der Waals surface area contributed by atoms with Crippen LogP contribution in [0.2, 0.25) is 0 Å². The van der Waals surface area contributed by atoms with Crippen LogP contribution in [0, 0.1) is 11.3 Å². The van der Waals surface area contributed by atoms with E-state index in [1.807, 2.05) is 35.0 Å². The molecule has 0 aromatic carbocycles. The van der Waals surface area contributed by atoms with Gasteiger partial charge in [0.25, 0.3) is 0 Å². The SMILES string of the molecule is N#Cc1cnc(-c2ccn3ccnc3c2)nc1N. The molecule has 3 heterocycles. The quantitative estimate of drug-likeness (QED) is 0.686. The Balaban J connectivity index is 2.14. The Bertz CT molecular complexity index is 768. The van der Waals surface area contributed by atoms with E-state index in [0.29, 0.717) is 5.82 Å². The molecule has 0 radical (unpaired) electrons. The van der Waals surface area contributed by atoms with E-state index in [4.69, 9.17) is 11.0 Å². The summed E-state index contributed by atoms with van der Waals surface area (Å²) in [6, 6.07) is 5.67. The first-order chi connectivity index (χ1) is 8.78. The number of nitriles is 1. The van der Waals surface area contributed by atoms with Crippen molar-refractivity contribution in [2.24, 2.45) is 0 Å². The van der Waals surface area contributed by atoms with Crippen LogP contribution < -0.4 is 5.73 Å². The minimum Gasteiger partial charge on any atom is -0.382 e. The summed E-state index contributed by atoms with van der Waals surface area (Å²) in [5, 5.41) is 8.77. The van der Waals surface area contributed by atoms with Gasteiger partial charge in [-0.05, 0) is 12.1 Å². The van der Waals surface area contributed by atoms with Crippen molar-refractivity contribution in [3.63, 3.8) is 0 Å². The number of fused-ring (bicyclic) bond motifs is 1. The maximum Gasteiger partial charge on any atom is 0.161 e. The molecule has 0 aliphatic rings. The number of rotatable bonds is 1. The second-order valence-electron chi connectivity index (χ2n) is 3.71. The average Bonchev–Trinajstić information content (AvgIpc) is 2.85. The normalized spacial score (nSPS) is 10.4. The minimum atomic E-state index is 0.186. The molecule has 2 N–H and O–H groups in total. The Morgan fingerprint density at radius 2 is 2.17 bits per heavy atom. The maximum atomic E-state index is 8.77. The summed E-state index contributed by atoms with van der Waals surface area (Å²) in [6.07, 6.45) is 6.86. The topological polar surface area (TPSA) is 92.9 Å². The number of hydrogen-bond acceptors (Lipinski definition) is 5. The predicted octanol–water partition coefficient (Wildman–Crippen LogP) is 1.25. The zero-order valence-electron chi connectivity index (χ0n) is 9.28. The highest BCUT2D eigenvalue weighted by atomic mass is 15.0. The van der Waals surface area contributed by atoms with Crippen LogP contribution in [0.1, 0.15) is 5.56 Å². The fourth-order valence-corrected chi connectivity index (χ4v) is 1.67. The van der Waals surface area contributed by atoms with Gasteiger partial charge in [0.15, 0.2) is 5.82 Å². The van der Waals surface area contributed by atoms with E-state index in [2.05, 4.69) is 15.0 Å². The van der Waals surface area contributed by atoms with Gasteiger partial charge in [-0.15, -0.1) is 0 Å². The Kier molecular flexibility index (Phi) is 2.17. The molecule has 3 rings (SSSR count). The highest BCUT2D eigenvalue weighted by Gasteiger charge is 2.06. The van der Waals surface area contributed by atoms with E-state index >= 15 is 0 Å². The third-order valence-corrected chi connectivity index (χ3v) is 2.59. The van der Waals surface area contributed by atoms with Crippen molar-refractivity contribution in [2.75, 3.05) is 5.73 Å². The number of hydrogen-bond donors (Lipinski definition) is 1. The molecule has 0 amide bonds. The molecule has 0 saturated heterocycles. The highest BCUT2D eigenvalue weighted by molar-refractivity contribution is 5.63. The van der Waals surface area contributed by atoms with Gasteiger partial charge in [0.2, 0.25) is 0 Å². The average molecular weight is 236 g/mol. The van der Waals surface area contributed by atoms with Crippen molar-refractivity contribution in [1.29, 1.82) is 5.26 Å². The largest absolute Gasteiger partial charge is 0.382 e. The van der Waals surface area contributed by atoms with Gasteiger partial charge in [-0.25, -0.2) is 15.0 Å². The van der Waals surface area contributed by atoms with Crippen LogP contribution in [-0.2, 0) is 0 Å². The summed E-state index contributed by atoms with van der Waals surface area (Å²) in [5.41, 5.74) is 7.56. The van der Waals surface area contributed by atoms with Crippen LogP contribution in [0.3, 0.4) is 0 Å². The Morgan fingerprint density at radius 3 is 2.94 bits per heavy atom. The van der Waals surface area contributed by atoms with Crippen molar-refractivity contribution in [3.05, 3.63) is 42.5 Å². The Hall–Kier alpha value is -2.94. The number of aromatic nitrogens is 4. The van der Waals surface area contributed by atoms with Crippen LogP contribution in [-0.4, -0.2) is 19.4 Å². The Morgan fingerprint density at radius 1 is 1.28 bits per heavy atom. The van der Waals surface area contributed by atoms with E-state index in [0.717, 1.165) is 11.2 Å². The van der Waals surface area contributed by atoms with Crippen molar-refractivity contribution in [1.82, 2.24) is 19.4 Å². The molecule has 0 bridgehead atoms. The van der Waals surface area contributed by atoms with E-state index in [1.54, 1.807) is 6.20 Å². The molecule has 0 spiro atoms. The molecule has 6 heteroatoms. The lowest BCUT2D eigenvalue weighted by molar-refractivity contribution is 1.15. The molecular weight excluding hydrogens is 228 g/mol. The molecule has 3 aromatic heterocycles. The molecule has 3 aromatic rings. The lowest BCUT2D eigenvalue weighted by Crippen LogP contribution is -1.99. The lowest BCUT2D eigenvalue weighted by atomic mass is 10.2. The molecule has 0 aliphatic heterocycles. The van der Waals surface area contributed by atoms with Crippen LogP contribution in [0.4, 0.5) is 5.82 Å². The summed E-state index contributed by atoms with van der Waals surface area (Å²) in [5.74, 6) is 0.669. The highest BCUT2D eigenvalue weighted by Crippen LogP contribution is 2.18. The fourth-order valence-electron chi connectivity index (χ4n) is 1.67. The van der Waals surface area contributed by atoms with Crippen LogP contribution in [0.5, 0.6) is 0 Å². The Labute approximate surface area is 102 Å².